The van der Waals surface area contributed by atoms with Crippen molar-refractivity contribution >= 4 is 17.1 Å². The SMILES string of the molecule is O=C(Cc1ccc(F)cc1)c1cccs1. The van der Waals surface area contributed by atoms with Crippen LogP contribution in [-0.4, -0.2) is 5.78 Å². The minimum atomic E-state index is -0.276. The smallest absolute Gasteiger partial charge is 0.177 e. The fraction of sp³-hybridized carbons (Fsp3) is 0.0833. The van der Waals surface area contributed by atoms with Crippen LogP contribution in [0.3, 0.4) is 0 Å². The Balaban J connectivity index is 2.09. The van der Waals surface area contributed by atoms with Crippen molar-refractivity contribution in [2.24, 2.45) is 0 Å². The van der Waals surface area contributed by atoms with Gasteiger partial charge in [0.1, 0.15) is 5.82 Å². The standard InChI is InChI=1S/C12H9FOS/c13-10-5-3-9(4-6-10)8-11(14)12-2-1-7-15-12/h1-7H,8H2. The number of Topliss-reactive ketones (excluding diaryl/α,β-unsaturated/α-hetero) is 1. The lowest BCUT2D eigenvalue weighted by molar-refractivity contribution is 0.0997. The van der Waals surface area contributed by atoms with Crippen molar-refractivity contribution < 1.29 is 9.18 Å². The van der Waals surface area contributed by atoms with Gasteiger partial charge in [0, 0.05) is 6.42 Å². The average Bonchev–Trinajstić information content (AvgIpc) is 2.74. The van der Waals surface area contributed by atoms with Gasteiger partial charge in [-0.15, -0.1) is 11.3 Å². The van der Waals surface area contributed by atoms with E-state index in [0.29, 0.717) is 6.42 Å². The predicted molar refractivity (Wildman–Crippen MR) is 58.8 cm³/mol. The van der Waals surface area contributed by atoms with Gasteiger partial charge in [-0.3, -0.25) is 4.79 Å². The highest BCUT2D eigenvalue weighted by atomic mass is 32.1. The largest absolute Gasteiger partial charge is 0.293 e. The summed E-state index contributed by atoms with van der Waals surface area (Å²) in [5.74, 6) is -0.195. The van der Waals surface area contributed by atoms with Crippen LogP contribution in [0.5, 0.6) is 0 Å². The lowest BCUT2D eigenvalue weighted by atomic mass is 10.1. The molecule has 0 radical (unpaired) electrons. The van der Waals surface area contributed by atoms with Crippen molar-refractivity contribution in [2.45, 2.75) is 6.42 Å². The van der Waals surface area contributed by atoms with Crippen molar-refractivity contribution in [2.75, 3.05) is 0 Å². The van der Waals surface area contributed by atoms with Crippen LogP contribution in [0.4, 0.5) is 4.39 Å². The van der Waals surface area contributed by atoms with Crippen LogP contribution < -0.4 is 0 Å². The lowest BCUT2D eigenvalue weighted by Crippen LogP contribution is -2.00. The number of rotatable bonds is 3. The molecule has 76 valence electrons. The van der Waals surface area contributed by atoms with E-state index in [0.717, 1.165) is 10.4 Å². The highest BCUT2D eigenvalue weighted by molar-refractivity contribution is 7.12. The molecule has 0 fully saturated rings. The van der Waals surface area contributed by atoms with Crippen LogP contribution in [0.1, 0.15) is 15.2 Å². The van der Waals surface area contributed by atoms with Gasteiger partial charge in [-0.1, -0.05) is 18.2 Å². The minimum Gasteiger partial charge on any atom is -0.293 e. The average molecular weight is 220 g/mol. The Morgan fingerprint density at radius 1 is 1.20 bits per heavy atom. The summed E-state index contributed by atoms with van der Waals surface area (Å²) in [6.45, 7) is 0. The molecule has 0 N–H and O–H groups in total. The molecule has 15 heavy (non-hydrogen) atoms. The maximum absolute atomic E-state index is 12.6. The molecule has 0 bridgehead atoms. The Hall–Kier alpha value is -1.48. The monoisotopic (exact) mass is 220 g/mol. The Morgan fingerprint density at radius 3 is 2.53 bits per heavy atom. The van der Waals surface area contributed by atoms with Crippen LogP contribution in [-0.2, 0) is 6.42 Å². The fourth-order valence-corrected chi connectivity index (χ4v) is 1.98. The first-order valence-electron chi connectivity index (χ1n) is 4.57. The Kier molecular flexibility index (Phi) is 2.92. The van der Waals surface area contributed by atoms with Gasteiger partial charge < -0.3 is 0 Å². The van der Waals surface area contributed by atoms with Crippen LogP contribution in [0.15, 0.2) is 41.8 Å². The summed E-state index contributed by atoms with van der Waals surface area (Å²) in [4.78, 5) is 12.4. The van der Waals surface area contributed by atoms with Crippen molar-refractivity contribution in [3.63, 3.8) is 0 Å². The summed E-state index contributed by atoms with van der Waals surface area (Å²) >= 11 is 1.43. The minimum absolute atomic E-state index is 0.0802. The molecular formula is C12H9FOS. The zero-order valence-electron chi connectivity index (χ0n) is 7.94. The third kappa shape index (κ3) is 2.50. The van der Waals surface area contributed by atoms with Crippen molar-refractivity contribution in [3.8, 4) is 0 Å². The van der Waals surface area contributed by atoms with Crippen LogP contribution >= 0.6 is 11.3 Å². The van der Waals surface area contributed by atoms with Gasteiger partial charge in [0.25, 0.3) is 0 Å². The maximum Gasteiger partial charge on any atom is 0.177 e. The van der Waals surface area contributed by atoms with Gasteiger partial charge in [0.15, 0.2) is 5.78 Å². The van der Waals surface area contributed by atoms with Gasteiger partial charge in [-0.2, -0.15) is 0 Å². The number of hydrogen-bond donors (Lipinski definition) is 0. The van der Waals surface area contributed by atoms with E-state index in [1.54, 1.807) is 18.2 Å². The summed E-state index contributed by atoms with van der Waals surface area (Å²) in [7, 11) is 0. The molecule has 1 nitrogen and oxygen atoms in total. The molecule has 2 rings (SSSR count). The molecule has 0 saturated carbocycles. The second kappa shape index (κ2) is 4.36. The molecular weight excluding hydrogens is 211 g/mol. The third-order valence-corrected chi connectivity index (χ3v) is 2.98. The maximum atomic E-state index is 12.6. The molecule has 0 atom stereocenters. The first-order valence-corrected chi connectivity index (χ1v) is 5.45. The Labute approximate surface area is 91.2 Å². The third-order valence-electron chi connectivity index (χ3n) is 2.07. The van der Waals surface area contributed by atoms with Crippen molar-refractivity contribution in [3.05, 3.63) is 58.0 Å². The van der Waals surface area contributed by atoms with Gasteiger partial charge in [0.05, 0.1) is 4.88 Å². The molecule has 0 amide bonds. The van der Waals surface area contributed by atoms with Gasteiger partial charge in [0.2, 0.25) is 0 Å². The van der Waals surface area contributed by atoms with E-state index in [9.17, 15) is 9.18 Å². The topological polar surface area (TPSA) is 17.1 Å². The van der Waals surface area contributed by atoms with Gasteiger partial charge >= 0.3 is 0 Å². The second-order valence-electron chi connectivity index (χ2n) is 3.20. The summed E-state index contributed by atoms with van der Waals surface area (Å²) in [5, 5.41) is 1.87. The van der Waals surface area contributed by atoms with E-state index in [1.807, 2.05) is 11.4 Å². The first kappa shape index (κ1) is 10.1. The molecule has 1 aromatic carbocycles. The number of halogens is 1. The van der Waals surface area contributed by atoms with Crippen LogP contribution in [0.2, 0.25) is 0 Å². The Bertz CT molecular complexity index is 445. The van der Waals surface area contributed by atoms with Gasteiger partial charge in [-0.05, 0) is 29.1 Å². The molecule has 1 heterocycles. The van der Waals surface area contributed by atoms with E-state index in [4.69, 9.17) is 0 Å². The quantitative estimate of drug-likeness (QED) is 0.725. The number of benzene rings is 1. The van der Waals surface area contributed by atoms with Crippen molar-refractivity contribution in [1.29, 1.82) is 0 Å². The van der Waals surface area contributed by atoms with Crippen LogP contribution in [0.25, 0.3) is 0 Å². The molecule has 1 aromatic heterocycles. The summed E-state index contributed by atoms with van der Waals surface area (Å²) in [5.41, 5.74) is 0.842. The van der Waals surface area contributed by atoms with E-state index in [-0.39, 0.29) is 11.6 Å². The van der Waals surface area contributed by atoms with E-state index in [1.165, 1.54) is 23.5 Å². The lowest BCUT2D eigenvalue weighted by Gasteiger charge is -1.98. The highest BCUT2D eigenvalue weighted by Crippen LogP contribution is 2.13. The van der Waals surface area contributed by atoms with E-state index in [2.05, 4.69) is 0 Å². The number of ketones is 1. The molecule has 3 heteroatoms. The molecule has 0 aliphatic rings. The molecule has 0 aliphatic carbocycles. The second-order valence-corrected chi connectivity index (χ2v) is 4.15. The number of hydrogen-bond acceptors (Lipinski definition) is 2. The number of thiophene rings is 1. The normalized spacial score (nSPS) is 10.2. The first-order chi connectivity index (χ1) is 7.25. The predicted octanol–water partition coefficient (Wildman–Crippen LogP) is 3.31. The highest BCUT2D eigenvalue weighted by Gasteiger charge is 2.07. The van der Waals surface area contributed by atoms with E-state index < -0.39 is 0 Å². The summed E-state index contributed by atoms with van der Waals surface area (Å²) in [6, 6.07) is 9.68. The zero-order valence-corrected chi connectivity index (χ0v) is 8.76. The summed E-state index contributed by atoms with van der Waals surface area (Å²) < 4.78 is 12.6. The van der Waals surface area contributed by atoms with E-state index >= 15 is 0 Å². The summed E-state index contributed by atoms with van der Waals surface area (Å²) in [6.07, 6.45) is 0.334. The molecule has 0 saturated heterocycles. The van der Waals surface area contributed by atoms with Crippen molar-refractivity contribution in [1.82, 2.24) is 0 Å². The fourth-order valence-electron chi connectivity index (χ4n) is 1.31. The van der Waals surface area contributed by atoms with Gasteiger partial charge in [-0.25, -0.2) is 4.39 Å². The molecule has 0 aliphatic heterocycles. The zero-order chi connectivity index (χ0) is 10.7. The Morgan fingerprint density at radius 2 is 1.93 bits per heavy atom. The molecule has 0 unspecified atom stereocenters. The van der Waals surface area contributed by atoms with Crippen LogP contribution in [0, 0.1) is 5.82 Å². The number of carbonyl (C=O) groups is 1. The molecule has 0 spiro atoms. The number of carbonyl (C=O) groups excluding carboxylic acids is 1. The molecule has 2 aromatic rings.